The van der Waals surface area contributed by atoms with E-state index in [-0.39, 0.29) is 18.2 Å². The van der Waals surface area contributed by atoms with Crippen LogP contribution in [0.3, 0.4) is 0 Å². The summed E-state index contributed by atoms with van der Waals surface area (Å²) >= 11 is 6.10. The van der Waals surface area contributed by atoms with Gasteiger partial charge in [0.2, 0.25) is 0 Å². The van der Waals surface area contributed by atoms with Gasteiger partial charge in [-0.25, -0.2) is 0 Å². The molecule has 162 valence electrons. The number of carbonyl (C=O) groups is 1. The second-order valence-electron chi connectivity index (χ2n) is 6.95. The Morgan fingerprint density at radius 1 is 1.19 bits per heavy atom. The maximum atomic E-state index is 12.1. The SMILES string of the molecule is CNC(=O)/C(=N/OC)c1ccccc1CO/N=C(\C)C#Cc1ccc(Cl)cc1C(C)C. The van der Waals surface area contributed by atoms with Crippen LogP contribution in [-0.2, 0) is 21.1 Å². The third-order valence-corrected chi connectivity index (χ3v) is 4.57. The van der Waals surface area contributed by atoms with Crippen molar-refractivity contribution in [3.63, 3.8) is 0 Å². The highest BCUT2D eigenvalue weighted by Crippen LogP contribution is 2.22. The summed E-state index contributed by atoms with van der Waals surface area (Å²) in [7, 11) is 2.92. The molecule has 1 amide bonds. The van der Waals surface area contributed by atoms with Gasteiger partial charge in [0.1, 0.15) is 19.4 Å². The fourth-order valence-corrected chi connectivity index (χ4v) is 2.98. The molecule has 6 nitrogen and oxygen atoms in total. The maximum absolute atomic E-state index is 12.1. The van der Waals surface area contributed by atoms with Gasteiger partial charge in [0.05, 0.1) is 0 Å². The van der Waals surface area contributed by atoms with Crippen LogP contribution < -0.4 is 5.32 Å². The van der Waals surface area contributed by atoms with Crippen LogP contribution in [0.25, 0.3) is 0 Å². The van der Waals surface area contributed by atoms with Crippen LogP contribution in [0.5, 0.6) is 0 Å². The maximum Gasteiger partial charge on any atom is 0.273 e. The smallest absolute Gasteiger partial charge is 0.273 e. The summed E-state index contributed by atoms with van der Waals surface area (Å²) in [6.07, 6.45) is 0. The number of benzene rings is 2. The number of amides is 1. The number of hydrogen-bond donors (Lipinski definition) is 1. The minimum atomic E-state index is -0.358. The van der Waals surface area contributed by atoms with Crippen molar-refractivity contribution in [2.24, 2.45) is 10.3 Å². The van der Waals surface area contributed by atoms with Crippen LogP contribution in [0.15, 0.2) is 52.8 Å². The minimum Gasteiger partial charge on any atom is -0.398 e. The summed E-state index contributed by atoms with van der Waals surface area (Å²) in [5.74, 6) is 6.08. The number of oxime groups is 2. The Balaban J connectivity index is 2.17. The molecule has 0 aliphatic heterocycles. The highest BCUT2D eigenvalue weighted by atomic mass is 35.5. The molecule has 2 aromatic rings. The lowest BCUT2D eigenvalue weighted by molar-refractivity contribution is -0.114. The van der Waals surface area contributed by atoms with E-state index in [1.54, 1.807) is 13.0 Å². The van der Waals surface area contributed by atoms with E-state index in [4.69, 9.17) is 21.3 Å². The first kappa shape index (κ1) is 24.0. The van der Waals surface area contributed by atoms with Crippen LogP contribution in [0.1, 0.15) is 48.9 Å². The number of nitrogens with one attached hydrogen (secondary N) is 1. The second kappa shape index (κ2) is 11.8. The number of hydrogen-bond acceptors (Lipinski definition) is 5. The van der Waals surface area contributed by atoms with Crippen LogP contribution >= 0.6 is 11.6 Å². The van der Waals surface area contributed by atoms with Crippen LogP contribution in [0.4, 0.5) is 0 Å². The first-order valence-corrected chi connectivity index (χ1v) is 10.1. The predicted octanol–water partition coefficient (Wildman–Crippen LogP) is 4.50. The summed E-state index contributed by atoms with van der Waals surface area (Å²) in [6, 6.07) is 12.9. The molecule has 0 radical (unpaired) electrons. The third kappa shape index (κ3) is 6.87. The first-order valence-electron chi connectivity index (χ1n) is 9.76. The van der Waals surface area contributed by atoms with Gasteiger partial charge in [-0.3, -0.25) is 4.79 Å². The lowest BCUT2D eigenvalue weighted by Gasteiger charge is -2.10. The average Bonchev–Trinajstić information content (AvgIpc) is 2.76. The molecule has 1 N–H and O–H groups in total. The molecule has 0 heterocycles. The average molecular weight is 440 g/mol. The zero-order chi connectivity index (χ0) is 22.8. The molecule has 0 saturated heterocycles. The molecule has 2 aromatic carbocycles. The van der Waals surface area contributed by atoms with E-state index in [2.05, 4.69) is 41.3 Å². The summed E-state index contributed by atoms with van der Waals surface area (Å²) in [4.78, 5) is 22.4. The normalized spacial score (nSPS) is 11.6. The second-order valence-corrected chi connectivity index (χ2v) is 7.38. The van der Waals surface area contributed by atoms with Crippen molar-refractivity contribution >= 4 is 28.9 Å². The van der Waals surface area contributed by atoms with Gasteiger partial charge < -0.3 is 15.0 Å². The largest absolute Gasteiger partial charge is 0.398 e. The van der Waals surface area contributed by atoms with Crippen molar-refractivity contribution in [2.75, 3.05) is 14.2 Å². The van der Waals surface area contributed by atoms with Gasteiger partial charge in [0.25, 0.3) is 5.91 Å². The van der Waals surface area contributed by atoms with Gasteiger partial charge in [0, 0.05) is 28.8 Å². The highest BCUT2D eigenvalue weighted by Gasteiger charge is 2.17. The van der Waals surface area contributed by atoms with E-state index >= 15 is 0 Å². The molecule has 0 atom stereocenters. The standard InChI is InChI=1S/C24H26ClN3O3/c1-16(2)22-14-20(25)13-12-18(22)11-10-17(3)27-31-15-19-8-6-7-9-21(19)23(28-30-5)24(29)26-4/h6-9,12-14,16H,15H2,1-5H3,(H,26,29)/b27-17+,28-23+. The molecule has 31 heavy (non-hydrogen) atoms. The van der Waals surface area contributed by atoms with Crippen molar-refractivity contribution in [1.29, 1.82) is 0 Å². The van der Waals surface area contributed by atoms with Gasteiger partial charge in [-0.1, -0.05) is 65.9 Å². The predicted molar refractivity (Wildman–Crippen MR) is 124 cm³/mol. The van der Waals surface area contributed by atoms with E-state index in [1.165, 1.54) is 14.2 Å². The first-order chi connectivity index (χ1) is 14.9. The number of rotatable bonds is 7. The van der Waals surface area contributed by atoms with Crippen molar-refractivity contribution in [3.05, 3.63) is 69.7 Å². The Bertz CT molecular complexity index is 1050. The number of nitrogens with zero attached hydrogens (tertiary/aromatic N) is 2. The van der Waals surface area contributed by atoms with Crippen molar-refractivity contribution in [2.45, 2.75) is 33.3 Å². The fraction of sp³-hybridized carbons (Fsp3) is 0.292. The Hall–Kier alpha value is -3.30. The number of likely N-dealkylation sites (N-methyl/N-ethyl adjacent to an activating group) is 1. The summed E-state index contributed by atoms with van der Waals surface area (Å²) in [6.45, 7) is 6.11. The van der Waals surface area contributed by atoms with E-state index in [0.717, 1.165) is 16.7 Å². The van der Waals surface area contributed by atoms with Crippen LogP contribution in [0.2, 0.25) is 5.02 Å². The summed E-state index contributed by atoms with van der Waals surface area (Å²) in [5.41, 5.74) is 4.02. The topological polar surface area (TPSA) is 72.3 Å². The van der Waals surface area contributed by atoms with Gasteiger partial charge in [-0.2, -0.15) is 0 Å². The molecule has 7 heteroatoms. The number of halogens is 1. The molecule has 2 rings (SSSR count). The van der Waals surface area contributed by atoms with E-state index in [9.17, 15) is 4.79 Å². The quantitative estimate of drug-likeness (QED) is 0.392. The van der Waals surface area contributed by atoms with Crippen LogP contribution in [0, 0.1) is 11.8 Å². The molecule has 0 bridgehead atoms. The highest BCUT2D eigenvalue weighted by molar-refractivity contribution is 6.45. The summed E-state index contributed by atoms with van der Waals surface area (Å²) < 4.78 is 0. The van der Waals surface area contributed by atoms with Gasteiger partial charge in [-0.05, 0) is 42.5 Å². The van der Waals surface area contributed by atoms with Gasteiger partial charge in [0.15, 0.2) is 5.71 Å². The lowest BCUT2D eigenvalue weighted by atomic mass is 9.97. The Morgan fingerprint density at radius 2 is 1.94 bits per heavy atom. The Morgan fingerprint density at radius 3 is 2.61 bits per heavy atom. The zero-order valence-corrected chi connectivity index (χ0v) is 19.1. The van der Waals surface area contributed by atoms with E-state index < -0.39 is 0 Å². The molecule has 0 aliphatic carbocycles. The molecular weight excluding hydrogens is 414 g/mol. The van der Waals surface area contributed by atoms with Crippen molar-refractivity contribution in [3.8, 4) is 11.8 Å². The van der Waals surface area contributed by atoms with Crippen LogP contribution in [-0.4, -0.2) is 31.5 Å². The Labute approximate surface area is 188 Å². The van der Waals surface area contributed by atoms with Gasteiger partial charge in [-0.15, -0.1) is 0 Å². The van der Waals surface area contributed by atoms with Gasteiger partial charge >= 0.3 is 0 Å². The monoisotopic (exact) mass is 439 g/mol. The Kier molecular flexibility index (Phi) is 9.11. The molecule has 0 saturated carbocycles. The van der Waals surface area contributed by atoms with Crippen molar-refractivity contribution < 1.29 is 14.5 Å². The minimum absolute atomic E-state index is 0.146. The molecule has 0 unspecified atom stereocenters. The lowest BCUT2D eigenvalue weighted by Crippen LogP contribution is -2.29. The third-order valence-electron chi connectivity index (χ3n) is 4.33. The summed E-state index contributed by atoms with van der Waals surface area (Å²) in [5, 5.41) is 11.2. The molecule has 0 aromatic heterocycles. The number of carbonyl (C=O) groups excluding carboxylic acids is 1. The molecule has 0 spiro atoms. The molecular formula is C24H26ClN3O3. The molecule has 0 aliphatic rings. The zero-order valence-electron chi connectivity index (χ0n) is 18.3. The fourth-order valence-electron chi connectivity index (χ4n) is 2.80. The van der Waals surface area contributed by atoms with E-state index in [1.807, 2.05) is 36.4 Å². The van der Waals surface area contributed by atoms with Crippen molar-refractivity contribution in [1.82, 2.24) is 5.32 Å². The van der Waals surface area contributed by atoms with E-state index in [0.29, 0.717) is 22.2 Å². The molecule has 0 fully saturated rings.